The third-order valence-corrected chi connectivity index (χ3v) is 5.96. The number of H-pyrrole nitrogens is 1. The Balaban J connectivity index is 1.41. The van der Waals surface area contributed by atoms with E-state index in [1.165, 1.54) is 5.56 Å². The summed E-state index contributed by atoms with van der Waals surface area (Å²) in [6.07, 6.45) is 2.94. The fourth-order valence-electron chi connectivity index (χ4n) is 4.30. The molecule has 4 nitrogen and oxygen atoms in total. The monoisotopic (exact) mass is 376 g/mol. The average molecular weight is 377 g/mol. The number of nitrogens with one attached hydrogen (secondary N) is 1. The van der Waals surface area contributed by atoms with Crippen LogP contribution in [0.5, 0.6) is 5.75 Å². The van der Waals surface area contributed by atoms with E-state index in [2.05, 4.69) is 40.2 Å². The van der Waals surface area contributed by atoms with E-state index >= 15 is 0 Å². The summed E-state index contributed by atoms with van der Waals surface area (Å²) in [5.41, 5.74) is 4.18. The molecule has 0 unspecified atom stereocenters. The lowest BCUT2D eigenvalue weighted by Gasteiger charge is -2.31. The van der Waals surface area contributed by atoms with Crippen molar-refractivity contribution in [1.82, 2.24) is 9.88 Å². The van der Waals surface area contributed by atoms with E-state index in [0.29, 0.717) is 0 Å². The number of nitrogens with zero attached hydrogens (tertiary/aromatic N) is 1. The first-order chi connectivity index (χ1) is 13.7. The highest BCUT2D eigenvalue weighted by Crippen LogP contribution is 2.31. The topological polar surface area (TPSA) is 45.3 Å². The van der Waals surface area contributed by atoms with E-state index in [1.54, 1.807) is 7.11 Å². The average Bonchev–Trinajstić information content (AvgIpc) is 3.07. The van der Waals surface area contributed by atoms with Crippen LogP contribution in [0.25, 0.3) is 10.9 Å². The van der Waals surface area contributed by atoms with Crippen molar-refractivity contribution in [3.8, 4) is 5.75 Å². The first-order valence-corrected chi connectivity index (χ1v) is 10.1. The van der Waals surface area contributed by atoms with E-state index < -0.39 is 0 Å². The lowest BCUT2D eigenvalue weighted by molar-refractivity contribution is 0.0842. The van der Waals surface area contributed by atoms with Gasteiger partial charge in [0.15, 0.2) is 5.78 Å². The Morgan fingerprint density at radius 1 is 1.14 bits per heavy atom. The van der Waals surface area contributed by atoms with Crippen molar-refractivity contribution >= 4 is 16.7 Å². The van der Waals surface area contributed by atoms with Gasteiger partial charge in [-0.15, -0.1) is 0 Å². The maximum Gasteiger partial charge on any atom is 0.168 e. The second-order valence-electron chi connectivity index (χ2n) is 7.75. The van der Waals surface area contributed by atoms with Gasteiger partial charge >= 0.3 is 0 Å². The molecule has 0 radical (unpaired) electrons. The fraction of sp³-hybridized carbons (Fsp3) is 0.375. The number of aromatic nitrogens is 1. The molecule has 1 aromatic heterocycles. The number of methoxy groups -OCH3 is 1. The van der Waals surface area contributed by atoms with Crippen LogP contribution in [-0.2, 0) is 6.42 Å². The summed E-state index contributed by atoms with van der Waals surface area (Å²) in [5.74, 6) is 1.17. The summed E-state index contributed by atoms with van der Waals surface area (Å²) < 4.78 is 5.36. The Bertz CT molecular complexity index is 953. The lowest BCUT2D eigenvalue weighted by Crippen LogP contribution is -2.37. The van der Waals surface area contributed by atoms with Crippen LogP contribution in [0, 0.1) is 12.8 Å². The van der Waals surface area contributed by atoms with Crippen molar-refractivity contribution in [2.45, 2.75) is 26.2 Å². The lowest BCUT2D eigenvalue weighted by atomic mass is 9.87. The number of aryl methyl sites for hydroxylation is 1. The van der Waals surface area contributed by atoms with Gasteiger partial charge in [0.25, 0.3) is 0 Å². The molecular formula is C24H28N2O2. The van der Waals surface area contributed by atoms with Gasteiger partial charge in [-0.25, -0.2) is 0 Å². The number of hydrogen-bond donors (Lipinski definition) is 1. The van der Waals surface area contributed by atoms with Crippen LogP contribution in [0.2, 0.25) is 0 Å². The van der Waals surface area contributed by atoms with Crippen molar-refractivity contribution in [1.29, 1.82) is 0 Å². The van der Waals surface area contributed by atoms with Gasteiger partial charge in [-0.2, -0.15) is 0 Å². The second kappa shape index (κ2) is 8.19. The molecule has 0 bridgehead atoms. The highest BCUT2D eigenvalue weighted by Gasteiger charge is 2.28. The smallest absolute Gasteiger partial charge is 0.168 e. The van der Waals surface area contributed by atoms with Gasteiger partial charge in [-0.05, 0) is 63.0 Å². The summed E-state index contributed by atoms with van der Waals surface area (Å²) in [7, 11) is 1.66. The molecule has 0 amide bonds. The molecule has 1 N–H and O–H groups in total. The van der Waals surface area contributed by atoms with Crippen molar-refractivity contribution in [2.75, 3.05) is 26.7 Å². The normalized spacial score (nSPS) is 15.8. The molecule has 0 saturated carbocycles. The minimum absolute atomic E-state index is 0.108. The number of Topliss-reactive ketones (excluding diaryl/α,β-unsaturated/α-hetero) is 1. The van der Waals surface area contributed by atoms with Crippen LogP contribution >= 0.6 is 0 Å². The van der Waals surface area contributed by atoms with Crippen LogP contribution in [0.15, 0.2) is 48.5 Å². The predicted octanol–water partition coefficient (Wildman–Crippen LogP) is 4.62. The molecule has 4 heteroatoms. The number of carbonyl (C=O) groups excluding carboxylic acids is 1. The molecule has 1 fully saturated rings. The number of hydrogen-bond acceptors (Lipinski definition) is 3. The molecule has 0 atom stereocenters. The second-order valence-corrected chi connectivity index (χ2v) is 7.75. The van der Waals surface area contributed by atoms with E-state index in [-0.39, 0.29) is 11.7 Å². The van der Waals surface area contributed by atoms with Crippen molar-refractivity contribution in [3.63, 3.8) is 0 Å². The van der Waals surface area contributed by atoms with Crippen LogP contribution in [0.1, 0.15) is 34.5 Å². The number of piperidine rings is 1. The van der Waals surface area contributed by atoms with Crippen molar-refractivity contribution in [2.24, 2.45) is 5.92 Å². The minimum atomic E-state index is 0.108. The number of benzene rings is 2. The van der Waals surface area contributed by atoms with Crippen molar-refractivity contribution < 1.29 is 9.53 Å². The van der Waals surface area contributed by atoms with Gasteiger partial charge in [0.1, 0.15) is 5.75 Å². The highest BCUT2D eigenvalue weighted by molar-refractivity contribution is 6.10. The summed E-state index contributed by atoms with van der Waals surface area (Å²) in [5, 5.41) is 0.980. The molecule has 2 heterocycles. The summed E-state index contributed by atoms with van der Waals surface area (Å²) >= 11 is 0. The molecule has 4 rings (SSSR count). The zero-order valence-electron chi connectivity index (χ0n) is 16.7. The van der Waals surface area contributed by atoms with Gasteiger partial charge < -0.3 is 14.6 Å². The molecule has 28 heavy (non-hydrogen) atoms. The number of likely N-dealkylation sites (tertiary alicyclic amines) is 1. The number of fused-ring (bicyclic) bond motifs is 1. The first kappa shape index (κ1) is 18.8. The fourth-order valence-corrected chi connectivity index (χ4v) is 4.30. The van der Waals surface area contributed by atoms with Gasteiger partial charge in [0.05, 0.1) is 7.11 Å². The molecule has 146 valence electrons. The van der Waals surface area contributed by atoms with Gasteiger partial charge in [-0.3, -0.25) is 4.79 Å². The molecule has 3 aromatic rings. The Morgan fingerprint density at radius 3 is 2.61 bits per heavy atom. The SMILES string of the molecule is COc1ccc2[nH]c(C)c(C(=O)C3CCN(CCc4ccccc4)CC3)c2c1. The van der Waals surface area contributed by atoms with E-state index in [1.807, 2.05) is 25.1 Å². The van der Waals surface area contributed by atoms with Gasteiger partial charge in [-0.1, -0.05) is 30.3 Å². The third kappa shape index (κ3) is 3.83. The number of carbonyl (C=O) groups is 1. The third-order valence-electron chi connectivity index (χ3n) is 5.96. The summed E-state index contributed by atoms with van der Waals surface area (Å²) in [4.78, 5) is 19.1. The van der Waals surface area contributed by atoms with Crippen LogP contribution in [0.4, 0.5) is 0 Å². The summed E-state index contributed by atoms with van der Waals surface area (Å²) in [6, 6.07) is 16.5. The van der Waals surface area contributed by atoms with E-state index in [4.69, 9.17) is 4.74 Å². The number of rotatable bonds is 6. The van der Waals surface area contributed by atoms with Crippen molar-refractivity contribution in [3.05, 3.63) is 65.4 Å². The van der Waals surface area contributed by atoms with Crippen LogP contribution < -0.4 is 4.74 Å². The molecule has 0 aliphatic carbocycles. The minimum Gasteiger partial charge on any atom is -0.497 e. The number of ketones is 1. The van der Waals surface area contributed by atoms with Gasteiger partial charge in [0.2, 0.25) is 0 Å². The molecule has 1 aliphatic rings. The molecule has 1 aliphatic heterocycles. The highest BCUT2D eigenvalue weighted by atomic mass is 16.5. The molecular weight excluding hydrogens is 348 g/mol. The van der Waals surface area contributed by atoms with Crippen LogP contribution in [-0.4, -0.2) is 42.4 Å². The maximum absolute atomic E-state index is 13.3. The quantitative estimate of drug-likeness (QED) is 0.639. The first-order valence-electron chi connectivity index (χ1n) is 10.1. The predicted molar refractivity (Wildman–Crippen MR) is 113 cm³/mol. The zero-order valence-corrected chi connectivity index (χ0v) is 16.7. The Kier molecular flexibility index (Phi) is 5.49. The Labute approximate surface area is 166 Å². The standard InChI is InChI=1S/C24H28N2O2/c1-17-23(21-16-20(28-2)8-9-22(21)25-17)24(27)19-11-14-26(15-12-19)13-10-18-6-4-3-5-7-18/h3-9,16,19,25H,10-15H2,1-2H3. The largest absolute Gasteiger partial charge is 0.497 e. The molecule has 0 spiro atoms. The van der Waals surface area contributed by atoms with E-state index in [9.17, 15) is 4.79 Å². The zero-order chi connectivity index (χ0) is 19.5. The summed E-state index contributed by atoms with van der Waals surface area (Å²) in [6.45, 7) is 5.05. The number of ether oxygens (including phenoxy) is 1. The molecule has 1 saturated heterocycles. The number of aromatic amines is 1. The molecule has 2 aromatic carbocycles. The maximum atomic E-state index is 13.3. The van der Waals surface area contributed by atoms with Crippen LogP contribution in [0.3, 0.4) is 0 Å². The Morgan fingerprint density at radius 2 is 1.89 bits per heavy atom. The van der Waals surface area contributed by atoms with E-state index in [0.717, 1.165) is 66.8 Å². The van der Waals surface area contributed by atoms with Gasteiger partial charge in [0, 0.05) is 34.6 Å². The Hall–Kier alpha value is -2.59.